The summed E-state index contributed by atoms with van der Waals surface area (Å²) in [6, 6.07) is 34.3. The van der Waals surface area contributed by atoms with Gasteiger partial charge in [0.2, 0.25) is 5.91 Å². The molecule has 228 valence electrons. The van der Waals surface area contributed by atoms with E-state index in [0.717, 1.165) is 16.7 Å². The quantitative estimate of drug-likeness (QED) is 0.205. The minimum atomic E-state index is -0.803. The van der Waals surface area contributed by atoms with Crippen molar-refractivity contribution < 1.29 is 28.7 Å². The van der Waals surface area contributed by atoms with Crippen LogP contribution in [-0.2, 0) is 30.3 Å². The maximum absolute atomic E-state index is 14.2. The number of benzene rings is 4. The highest BCUT2D eigenvalue weighted by molar-refractivity contribution is 8.00. The van der Waals surface area contributed by atoms with Crippen molar-refractivity contribution in [1.82, 2.24) is 10.2 Å². The lowest BCUT2D eigenvalue weighted by Crippen LogP contribution is -2.70. The molecule has 3 heterocycles. The van der Waals surface area contributed by atoms with Crippen molar-refractivity contribution in [2.24, 2.45) is 0 Å². The summed E-state index contributed by atoms with van der Waals surface area (Å²) in [5.41, 5.74) is 3.94. The second-order valence-corrected chi connectivity index (χ2v) is 12.1. The minimum absolute atomic E-state index is 0.0621. The number of thioether (sulfide) groups is 1. The Bertz CT molecular complexity index is 1850. The van der Waals surface area contributed by atoms with Crippen molar-refractivity contribution in [1.29, 1.82) is 0 Å². The Morgan fingerprint density at radius 1 is 0.848 bits per heavy atom. The fourth-order valence-electron chi connectivity index (χ4n) is 5.85. The van der Waals surface area contributed by atoms with Crippen LogP contribution in [0.15, 0.2) is 133 Å². The number of nitrogens with one attached hydrogen (secondary N) is 1. The lowest BCUT2D eigenvalue weighted by molar-refractivity contribution is -0.154. The third-order valence-electron chi connectivity index (χ3n) is 8.07. The van der Waals surface area contributed by atoms with Gasteiger partial charge in [-0.05, 0) is 34.4 Å². The number of esters is 2. The Morgan fingerprint density at radius 2 is 1.43 bits per heavy atom. The summed E-state index contributed by atoms with van der Waals surface area (Å²) in [5, 5.41) is 2.35. The van der Waals surface area contributed by atoms with Gasteiger partial charge in [-0.25, -0.2) is 9.59 Å². The molecular weight excluding hydrogens is 600 g/mol. The van der Waals surface area contributed by atoms with Crippen molar-refractivity contribution in [2.45, 2.75) is 23.9 Å². The third-order valence-corrected chi connectivity index (χ3v) is 9.37. The van der Waals surface area contributed by atoms with E-state index in [-0.39, 0.29) is 18.0 Å². The Hall–Kier alpha value is -5.41. The number of cyclic esters (lactones) is 1. The van der Waals surface area contributed by atoms with E-state index >= 15 is 0 Å². The highest BCUT2D eigenvalue weighted by Gasteiger charge is 2.54. The standard InChI is InChI=1S/C37H28N2O6S/c40-30(20-23-12-4-1-5-13-23)38-31-34(41)39-32(37(43)45-33(24-14-6-2-7-15-24)25-16-8-3-9-17-25)26(22-46-35(31)39)21-29-27-18-10-11-19-28(27)36(42)44-29/h1-19,21,31,33,35H,20,22H2,(H,38,40)/b29-21+/t31-,35+/m1/s1. The molecule has 1 N–H and O–H groups in total. The zero-order valence-electron chi connectivity index (χ0n) is 24.5. The summed E-state index contributed by atoms with van der Waals surface area (Å²) in [7, 11) is 0. The van der Waals surface area contributed by atoms with Gasteiger partial charge in [-0.1, -0.05) is 109 Å². The zero-order chi connectivity index (χ0) is 31.6. The second kappa shape index (κ2) is 12.5. The number of hydrogen-bond acceptors (Lipinski definition) is 7. The maximum Gasteiger partial charge on any atom is 0.356 e. The van der Waals surface area contributed by atoms with E-state index in [0.29, 0.717) is 28.2 Å². The molecule has 7 rings (SSSR count). The topological polar surface area (TPSA) is 102 Å². The SMILES string of the molecule is O=C(Cc1ccccc1)N[C@@H]1C(=O)N2C(C(=O)OC(c3ccccc3)c3ccccc3)=C(/C=C3/OC(=O)c4ccccc43)CS[C@@H]12. The first kappa shape index (κ1) is 29.3. The molecule has 0 spiro atoms. The lowest BCUT2D eigenvalue weighted by Gasteiger charge is -2.49. The summed E-state index contributed by atoms with van der Waals surface area (Å²) in [5.74, 6) is -1.27. The molecule has 1 fully saturated rings. The van der Waals surface area contributed by atoms with Crippen LogP contribution in [0.4, 0.5) is 0 Å². The summed E-state index contributed by atoms with van der Waals surface area (Å²) < 4.78 is 11.8. The summed E-state index contributed by atoms with van der Waals surface area (Å²) in [4.78, 5) is 54.8. The van der Waals surface area contributed by atoms with Crippen molar-refractivity contribution in [2.75, 3.05) is 5.75 Å². The number of nitrogens with zero attached hydrogens (tertiary/aromatic N) is 1. The van der Waals surface area contributed by atoms with E-state index in [1.165, 1.54) is 16.7 Å². The molecule has 46 heavy (non-hydrogen) atoms. The van der Waals surface area contributed by atoms with Gasteiger partial charge < -0.3 is 14.8 Å². The van der Waals surface area contributed by atoms with Gasteiger partial charge in [0.25, 0.3) is 5.91 Å². The first-order chi connectivity index (χ1) is 22.5. The number of fused-ring (bicyclic) bond motifs is 2. The third kappa shape index (κ3) is 5.61. The van der Waals surface area contributed by atoms with Crippen LogP contribution < -0.4 is 5.32 Å². The first-order valence-corrected chi connectivity index (χ1v) is 15.9. The number of carbonyl (C=O) groups excluding carboxylic acids is 4. The van der Waals surface area contributed by atoms with E-state index in [1.54, 1.807) is 30.3 Å². The van der Waals surface area contributed by atoms with Crippen molar-refractivity contribution in [3.8, 4) is 0 Å². The fourth-order valence-corrected chi connectivity index (χ4v) is 7.15. The predicted octanol–water partition coefficient (Wildman–Crippen LogP) is 5.43. The Labute approximate surface area is 269 Å². The highest BCUT2D eigenvalue weighted by atomic mass is 32.2. The molecule has 0 saturated carbocycles. The number of hydrogen-bond donors (Lipinski definition) is 1. The molecule has 3 aliphatic rings. The molecule has 3 aliphatic heterocycles. The van der Waals surface area contributed by atoms with E-state index in [1.807, 2.05) is 91.0 Å². The summed E-state index contributed by atoms with van der Waals surface area (Å²) >= 11 is 1.42. The van der Waals surface area contributed by atoms with Crippen LogP contribution in [0.5, 0.6) is 0 Å². The average Bonchev–Trinajstić information content (AvgIpc) is 3.41. The monoisotopic (exact) mass is 628 g/mol. The van der Waals surface area contributed by atoms with E-state index in [9.17, 15) is 19.2 Å². The molecule has 0 radical (unpaired) electrons. The number of ether oxygens (including phenoxy) is 2. The van der Waals surface area contributed by atoms with Crippen LogP contribution in [0.3, 0.4) is 0 Å². The predicted molar refractivity (Wildman–Crippen MR) is 173 cm³/mol. The van der Waals surface area contributed by atoms with Crippen LogP contribution in [0, 0.1) is 0 Å². The van der Waals surface area contributed by atoms with Crippen LogP contribution in [0.25, 0.3) is 5.76 Å². The summed E-state index contributed by atoms with van der Waals surface area (Å²) in [6.45, 7) is 0. The molecule has 2 amide bonds. The molecule has 9 heteroatoms. The van der Waals surface area contributed by atoms with Gasteiger partial charge >= 0.3 is 11.9 Å². The number of carbonyl (C=O) groups is 4. The average molecular weight is 629 g/mol. The number of rotatable bonds is 8. The largest absolute Gasteiger partial charge is 0.448 e. The van der Waals surface area contributed by atoms with Gasteiger partial charge in [-0.3, -0.25) is 14.5 Å². The second-order valence-electron chi connectivity index (χ2n) is 11.0. The van der Waals surface area contributed by atoms with E-state index in [4.69, 9.17) is 9.47 Å². The van der Waals surface area contributed by atoms with Crippen molar-refractivity contribution >= 4 is 41.3 Å². The van der Waals surface area contributed by atoms with Gasteiger partial charge in [0.15, 0.2) is 6.10 Å². The molecule has 0 aliphatic carbocycles. The molecule has 0 aromatic heterocycles. The smallest absolute Gasteiger partial charge is 0.356 e. The van der Waals surface area contributed by atoms with E-state index in [2.05, 4.69) is 5.32 Å². The molecule has 4 aromatic carbocycles. The number of allylic oxidation sites excluding steroid dienone is 1. The Morgan fingerprint density at radius 3 is 2.09 bits per heavy atom. The molecule has 1 saturated heterocycles. The first-order valence-electron chi connectivity index (χ1n) is 14.8. The van der Waals surface area contributed by atoms with E-state index < -0.39 is 35.4 Å². The normalized spacial score (nSPS) is 19.3. The molecule has 0 bridgehead atoms. The van der Waals surface area contributed by atoms with Gasteiger partial charge in [0.1, 0.15) is 22.9 Å². The lowest BCUT2D eigenvalue weighted by atomic mass is 9.99. The van der Waals surface area contributed by atoms with Gasteiger partial charge in [0.05, 0.1) is 12.0 Å². The Balaban J connectivity index is 1.23. The van der Waals surface area contributed by atoms with Gasteiger partial charge in [0, 0.05) is 11.3 Å². The maximum atomic E-state index is 14.2. The van der Waals surface area contributed by atoms with Crippen molar-refractivity contribution in [3.05, 3.63) is 160 Å². The number of β-lactam (4-membered cyclic amide) rings is 1. The van der Waals surface area contributed by atoms with Crippen LogP contribution in [0.1, 0.15) is 38.7 Å². The molecule has 2 atom stereocenters. The highest BCUT2D eigenvalue weighted by Crippen LogP contribution is 2.43. The minimum Gasteiger partial charge on any atom is -0.448 e. The molecule has 4 aromatic rings. The Kier molecular flexibility index (Phi) is 7.98. The molecular formula is C37H28N2O6S. The number of amides is 2. The molecule has 0 unspecified atom stereocenters. The van der Waals surface area contributed by atoms with Crippen LogP contribution in [-0.4, -0.2) is 45.8 Å². The van der Waals surface area contributed by atoms with Crippen molar-refractivity contribution in [3.63, 3.8) is 0 Å². The summed E-state index contributed by atoms with van der Waals surface area (Å²) in [6.07, 6.45) is 1.02. The van der Waals surface area contributed by atoms with Gasteiger partial charge in [-0.2, -0.15) is 0 Å². The van der Waals surface area contributed by atoms with Crippen LogP contribution >= 0.6 is 11.8 Å². The molecule has 8 nitrogen and oxygen atoms in total. The van der Waals surface area contributed by atoms with Gasteiger partial charge in [-0.15, -0.1) is 11.8 Å². The zero-order valence-corrected chi connectivity index (χ0v) is 25.3. The van der Waals surface area contributed by atoms with Crippen LogP contribution in [0.2, 0.25) is 0 Å². The fraction of sp³-hybridized carbons (Fsp3) is 0.135.